The first-order valence-corrected chi connectivity index (χ1v) is 7.27. The van der Waals surface area contributed by atoms with E-state index >= 15 is 0 Å². The molecule has 0 unspecified atom stereocenters. The van der Waals surface area contributed by atoms with Crippen LogP contribution in [-0.4, -0.2) is 0 Å². The van der Waals surface area contributed by atoms with E-state index in [2.05, 4.69) is 6.92 Å². The molecule has 0 fully saturated rings. The topological polar surface area (TPSA) is 9.23 Å². The van der Waals surface area contributed by atoms with Gasteiger partial charge in [0.25, 0.3) is 0 Å². The number of hydrogen-bond acceptors (Lipinski definition) is 1. The van der Waals surface area contributed by atoms with E-state index < -0.39 is 11.6 Å². The van der Waals surface area contributed by atoms with Gasteiger partial charge in [-0.15, -0.1) is 0 Å². The maximum absolute atomic E-state index is 14.0. The van der Waals surface area contributed by atoms with Gasteiger partial charge in [-0.2, -0.15) is 0 Å². The lowest BCUT2D eigenvalue weighted by Crippen LogP contribution is -2.04. The summed E-state index contributed by atoms with van der Waals surface area (Å²) in [5.41, 5.74) is 1.56. The predicted molar refractivity (Wildman–Crippen MR) is 80.5 cm³/mol. The zero-order chi connectivity index (χ0) is 15.2. The molecule has 3 heteroatoms. The Hall–Kier alpha value is -1.90. The van der Waals surface area contributed by atoms with Gasteiger partial charge in [-0.1, -0.05) is 50.6 Å². The van der Waals surface area contributed by atoms with Crippen LogP contribution in [0.15, 0.2) is 42.5 Å². The van der Waals surface area contributed by atoms with E-state index in [4.69, 9.17) is 4.74 Å². The molecule has 2 rings (SSSR count). The normalized spacial score (nSPS) is 12.2. The monoisotopic (exact) mass is 290 g/mol. The van der Waals surface area contributed by atoms with Crippen LogP contribution in [0.2, 0.25) is 0 Å². The van der Waals surface area contributed by atoms with Crippen LogP contribution in [0.3, 0.4) is 0 Å². The van der Waals surface area contributed by atoms with Crippen LogP contribution in [0.4, 0.5) is 8.78 Å². The summed E-state index contributed by atoms with van der Waals surface area (Å²) in [5.74, 6) is -0.964. The quantitative estimate of drug-likeness (QED) is 0.687. The van der Waals surface area contributed by atoms with Crippen molar-refractivity contribution in [1.82, 2.24) is 0 Å². The highest BCUT2D eigenvalue weighted by atomic mass is 19.1. The number of halogens is 2. The summed E-state index contributed by atoms with van der Waals surface area (Å²) in [7, 11) is 0. The minimum absolute atomic E-state index is 0.0611. The van der Waals surface area contributed by atoms with Crippen molar-refractivity contribution in [1.29, 1.82) is 0 Å². The molecular weight excluding hydrogens is 270 g/mol. The Morgan fingerprint density at radius 2 is 1.81 bits per heavy atom. The maximum Gasteiger partial charge on any atom is 0.168 e. The second-order valence-electron chi connectivity index (χ2n) is 5.27. The Bertz CT molecular complexity index is 581. The van der Waals surface area contributed by atoms with E-state index in [0.29, 0.717) is 5.56 Å². The fourth-order valence-corrected chi connectivity index (χ4v) is 2.42. The lowest BCUT2D eigenvalue weighted by atomic mass is 9.95. The van der Waals surface area contributed by atoms with Crippen molar-refractivity contribution in [2.75, 3.05) is 0 Å². The SMILES string of the molecule is CCC[C@H](C)c1cc(F)cc(F)c1OCc1ccccc1. The van der Waals surface area contributed by atoms with E-state index in [1.807, 2.05) is 37.3 Å². The van der Waals surface area contributed by atoms with Gasteiger partial charge in [0.15, 0.2) is 11.6 Å². The van der Waals surface area contributed by atoms with Crippen LogP contribution in [0, 0.1) is 11.6 Å². The maximum atomic E-state index is 14.0. The Labute approximate surface area is 124 Å². The second kappa shape index (κ2) is 7.21. The molecular formula is C18H20F2O. The molecule has 0 amide bonds. The molecule has 1 atom stereocenters. The summed E-state index contributed by atoms with van der Waals surface area (Å²) in [6.45, 7) is 4.29. The highest BCUT2D eigenvalue weighted by Crippen LogP contribution is 2.33. The van der Waals surface area contributed by atoms with E-state index in [1.54, 1.807) is 0 Å². The molecule has 0 aliphatic rings. The van der Waals surface area contributed by atoms with Crippen molar-refractivity contribution in [3.05, 3.63) is 65.2 Å². The first-order valence-electron chi connectivity index (χ1n) is 7.27. The van der Waals surface area contributed by atoms with Crippen LogP contribution in [0.5, 0.6) is 5.75 Å². The summed E-state index contributed by atoms with van der Waals surface area (Å²) in [4.78, 5) is 0. The third-order valence-corrected chi connectivity index (χ3v) is 3.52. The van der Waals surface area contributed by atoms with E-state index in [0.717, 1.165) is 24.5 Å². The average molecular weight is 290 g/mol. The van der Waals surface area contributed by atoms with E-state index in [1.165, 1.54) is 6.07 Å². The average Bonchev–Trinajstić information content (AvgIpc) is 2.47. The molecule has 0 spiro atoms. The minimum atomic E-state index is -0.635. The largest absolute Gasteiger partial charge is 0.486 e. The van der Waals surface area contributed by atoms with Gasteiger partial charge in [0, 0.05) is 11.6 Å². The lowest BCUT2D eigenvalue weighted by molar-refractivity contribution is 0.283. The van der Waals surface area contributed by atoms with Gasteiger partial charge in [-0.3, -0.25) is 0 Å². The summed E-state index contributed by atoms with van der Waals surface area (Å²) < 4.78 is 33.2. The first-order chi connectivity index (χ1) is 10.1. The van der Waals surface area contributed by atoms with Crippen molar-refractivity contribution in [2.45, 2.75) is 39.2 Å². The summed E-state index contributed by atoms with van der Waals surface area (Å²) in [6, 6.07) is 11.8. The van der Waals surface area contributed by atoms with E-state index in [-0.39, 0.29) is 18.3 Å². The van der Waals surface area contributed by atoms with Crippen molar-refractivity contribution in [2.24, 2.45) is 0 Å². The lowest BCUT2D eigenvalue weighted by Gasteiger charge is -2.17. The number of rotatable bonds is 6. The van der Waals surface area contributed by atoms with Crippen LogP contribution < -0.4 is 4.74 Å². The molecule has 0 saturated heterocycles. The Kier molecular flexibility index (Phi) is 5.32. The molecule has 0 N–H and O–H groups in total. The van der Waals surface area contributed by atoms with Gasteiger partial charge in [-0.25, -0.2) is 8.78 Å². The summed E-state index contributed by atoms with van der Waals surface area (Å²) in [5, 5.41) is 0. The van der Waals surface area contributed by atoms with Crippen molar-refractivity contribution in [3.8, 4) is 5.75 Å². The highest BCUT2D eigenvalue weighted by Gasteiger charge is 2.17. The van der Waals surface area contributed by atoms with Gasteiger partial charge >= 0.3 is 0 Å². The Morgan fingerprint density at radius 3 is 2.48 bits per heavy atom. The van der Waals surface area contributed by atoms with Crippen LogP contribution >= 0.6 is 0 Å². The Morgan fingerprint density at radius 1 is 1.10 bits per heavy atom. The highest BCUT2D eigenvalue weighted by molar-refractivity contribution is 5.38. The van der Waals surface area contributed by atoms with Crippen molar-refractivity contribution in [3.63, 3.8) is 0 Å². The molecule has 21 heavy (non-hydrogen) atoms. The zero-order valence-corrected chi connectivity index (χ0v) is 12.4. The van der Waals surface area contributed by atoms with Gasteiger partial charge in [0.2, 0.25) is 0 Å². The number of hydrogen-bond donors (Lipinski definition) is 0. The smallest absolute Gasteiger partial charge is 0.168 e. The number of benzene rings is 2. The van der Waals surface area contributed by atoms with Gasteiger partial charge in [0.1, 0.15) is 12.4 Å². The first kappa shape index (κ1) is 15.5. The molecule has 112 valence electrons. The molecule has 0 aromatic heterocycles. The minimum Gasteiger partial charge on any atom is -0.486 e. The van der Waals surface area contributed by atoms with Gasteiger partial charge in [-0.05, 0) is 24.0 Å². The van der Waals surface area contributed by atoms with Crippen LogP contribution in [0.1, 0.15) is 43.7 Å². The molecule has 2 aromatic carbocycles. The second-order valence-corrected chi connectivity index (χ2v) is 5.27. The molecule has 0 aliphatic heterocycles. The molecule has 0 aliphatic carbocycles. The fraction of sp³-hybridized carbons (Fsp3) is 0.333. The molecule has 2 aromatic rings. The molecule has 1 nitrogen and oxygen atoms in total. The van der Waals surface area contributed by atoms with Crippen LogP contribution in [-0.2, 0) is 6.61 Å². The summed E-state index contributed by atoms with van der Waals surface area (Å²) >= 11 is 0. The van der Waals surface area contributed by atoms with Crippen LogP contribution in [0.25, 0.3) is 0 Å². The van der Waals surface area contributed by atoms with Gasteiger partial charge < -0.3 is 4.74 Å². The Balaban J connectivity index is 2.24. The third kappa shape index (κ3) is 4.03. The fourth-order valence-electron chi connectivity index (χ4n) is 2.42. The summed E-state index contributed by atoms with van der Waals surface area (Å²) in [6.07, 6.45) is 1.82. The van der Waals surface area contributed by atoms with Crippen molar-refractivity contribution < 1.29 is 13.5 Å². The molecule has 0 saturated carbocycles. The zero-order valence-electron chi connectivity index (χ0n) is 12.4. The van der Waals surface area contributed by atoms with E-state index in [9.17, 15) is 8.78 Å². The third-order valence-electron chi connectivity index (χ3n) is 3.52. The van der Waals surface area contributed by atoms with Gasteiger partial charge in [0.05, 0.1) is 0 Å². The molecule has 0 bridgehead atoms. The molecule has 0 radical (unpaired) electrons. The number of ether oxygens (including phenoxy) is 1. The predicted octanol–water partition coefficient (Wildman–Crippen LogP) is 5.45. The van der Waals surface area contributed by atoms with Crippen molar-refractivity contribution >= 4 is 0 Å². The standard InChI is InChI=1S/C18H20F2O/c1-3-7-13(2)16-10-15(19)11-17(20)18(16)21-12-14-8-5-4-6-9-14/h4-6,8-11,13H,3,7,12H2,1-2H3/t13-/m0/s1. The molecule has 0 heterocycles.